The van der Waals surface area contributed by atoms with Crippen molar-refractivity contribution in [2.75, 3.05) is 0 Å². The van der Waals surface area contributed by atoms with Gasteiger partial charge in [-0.1, -0.05) is 0 Å². The first-order valence-corrected chi connectivity index (χ1v) is 3.09. The molecule has 0 bridgehead atoms. The molecule has 0 aliphatic heterocycles. The highest BCUT2D eigenvalue weighted by molar-refractivity contribution is 4.78. The van der Waals surface area contributed by atoms with E-state index in [0.29, 0.717) is 0 Å². The second-order valence-corrected chi connectivity index (χ2v) is 1.81. The van der Waals surface area contributed by atoms with Crippen molar-refractivity contribution in [3.05, 3.63) is 36.4 Å². The van der Waals surface area contributed by atoms with Crippen molar-refractivity contribution in [3.63, 3.8) is 0 Å². The molecule has 0 spiro atoms. The van der Waals surface area contributed by atoms with Gasteiger partial charge in [0, 0.05) is 12.1 Å². The normalized spacial score (nSPS) is 8.83. The zero-order chi connectivity index (χ0) is 8.81. The second-order valence-electron chi connectivity index (χ2n) is 1.81. The summed E-state index contributed by atoms with van der Waals surface area (Å²) < 4.78 is 23.1. The first-order chi connectivity index (χ1) is 5.79. The van der Waals surface area contributed by atoms with Gasteiger partial charge in [0.15, 0.2) is 0 Å². The van der Waals surface area contributed by atoms with E-state index in [0.717, 1.165) is 0 Å². The molecule has 0 fully saturated rings. The molecule has 2 heterocycles. The standard InChI is InChI=1S/2C3H3FN2/c2*4-3-1-2-5-6-3/h2*1-2H,(H,5,6). The lowest BCUT2D eigenvalue weighted by atomic mass is 10.7. The van der Waals surface area contributed by atoms with Crippen LogP contribution in [0.5, 0.6) is 0 Å². The summed E-state index contributed by atoms with van der Waals surface area (Å²) >= 11 is 0. The number of nitrogens with one attached hydrogen (secondary N) is 2. The highest BCUT2D eigenvalue weighted by atomic mass is 19.1. The van der Waals surface area contributed by atoms with Gasteiger partial charge in [0.05, 0.1) is 12.4 Å². The summed E-state index contributed by atoms with van der Waals surface area (Å²) in [5.74, 6) is -0.787. The SMILES string of the molecule is Fc1ccn[nH]1.Fc1ccn[nH]1. The Kier molecular flexibility index (Phi) is 2.95. The molecule has 2 aromatic heterocycles. The Balaban J connectivity index is 0.000000120. The smallest absolute Gasteiger partial charge is 0.208 e. The van der Waals surface area contributed by atoms with Crippen LogP contribution in [0.15, 0.2) is 24.5 Å². The number of halogens is 2. The average molecular weight is 172 g/mol. The molecule has 4 nitrogen and oxygen atoms in total. The Labute approximate surface area is 66.6 Å². The van der Waals surface area contributed by atoms with Crippen LogP contribution in [0.25, 0.3) is 0 Å². The summed E-state index contributed by atoms with van der Waals surface area (Å²) in [4.78, 5) is 0. The molecule has 0 aromatic carbocycles. The van der Waals surface area contributed by atoms with Gasteiger partial charge in [-0.15, -0.1) is 0 Å². The van der Waals surface area contributed by atoms with Crippen molar-refractivity contribution in [3.8, 4) is 0 Å². The Morgan fingerprint density at radius 1 is 0.917 bits per heavy atom. The number of rotatable bonds is 0. The van der Waals surface area contributed by atoms with Crippen LogP contribution >= 0.6 is 0 Å². The predicted molar refractivity (Wildman–Crippen MR) is 37.1 cm³/mol. The van der Waals surface area contributed by atoms with Crippen LogP contribution in [0.3, 0.4) is 0 Å². The van der Waals surface area contributed by atoms with Gasteiger partial charge >= 0.3 is 0 Å². The van der Waals surface area contributed by atoms with Crippen molar-refractivity contribution >= 4 is 0 Å². The molecule has 2 aromatic rings. The Bertz CT molecular complexity index is 257. The van der Waals surface area contributed by atoms with Crippen molar-refractivity contribution in [2.24, 2.45) is 0 Å². The molecule has 2 rings (SSSR count). The lowest BCUT2D eigenvalue weighted by Crippen LogP contribution is -1.66. The van der Waals surface area contributed by atoms with Crippen LogP contribution in [0.1, 0.15) is 0 Å². The maximum absolute atomic E-state index is 11.5. The van der Waals surface area contributed by atoms with Crippen molar-refractivity contribution in [1.82, 2.24) is 20.4 Å². The van der Waals surface area contributed by atoms with Crippen LogP contribution < -0.4 is 0 Å². The molecule has 12 heavy (non-hydrogen) atoms. The summed E-state index contributed by atoms with van der Waals surface area (Å²) in [6.45, 7) is 0. The lowest BCUT2D eigenvalue weighted by Gasteiger charge is -1.62. The monoisotopic (exact) mass is 172 g/mol. The summed E-state index contributed by atoms with van der Waals surface area (Å²) in [7, 11) is 0. The number of aromatic nitrogens is 4. The van der Waals surface area contributed by atoms with Gasteiger partial charge in [-0.3, -0.25) is 10.2 Å². The fraction of sp³-hybridized carbons (Fsp3) is 0. The third kappa shape index (κ3) is 2.91. The van der Waals surface area contributed by atoms with Crippen LogP contribution in [-0.4, -0.2) is 20.4 Å². The number of hydrogen-bond acceptors (Lipinski definition) is 2. The summed E-state index contributed by atoms with van der Waals surface area (Å²) in [5.41, 5.74) is 0. The largest absolute Gasteiger partial charge is 0.253 e. The maximum Gasteiger partial charge on any atom is 0.208 e. The molecule has 0 aliphatic carbocycles. The van der Waals surface area contributed by atoms with E-state index in [1.807, 2.05) is 0 Å². The van der Waals surface area contributed by atoms with E-state index in [-0.39, 0.29) is 0 Å². The zero-order valence-corrected chi connectivity index (χ0v) is 5.96. The Hall–Kier alpha value is -1.72. The van der Waals surface area contributed by atoms with Crippen molar-refractivity contribution in [2.45, 2.75) is 0 Å². The third-order valence-electron chi connectivity index (χ3n) is 0.934. The molecule has 0 saturated carbocycles. The second kappa shape index (κ2) is 4.22. The van der Waals surface area contributed by atoms with Gasteiger partial charge in [0.1, 0.15) is 0 Å². The molecular weight excluding hydrogens is 166 g/mol. The van der Waals surface area contributed by atoms with E-state index in [1.165, 1.54) is 24.5 Å². The molecule has 6 heteroatoms. The summed E-state index contributed by atoms with van der Waals surface area (Å²) in [6.07, 6.45) is 2.71. The number of hydrogen-bond donors (Lipinski definition) is 2. The molecule has 64 valence electrons. The highest BCUT2D eigenvalue weighted by Gasteiger charge is 1.79. The predicted octanol–water partition coefficient (Wildman–Crippen LogP) is 1.10. The highest BCUT2D eigenvalue weighted by Crippen LogP contribution is 1.82. The minimum Gasteiger partial charge on any atom is -0.253 e. The molecule has 0 aliphatic rings. The van der Waals surface area contributed by atoms with Crippen molar-refractivity contribution in [1.29, 1.82) is 0 Å². The van der Waals surface area contributed by atoms with Gasteiger partial charge in [-0.25, -0.2) is 0 Å². The molecule has 0 radical (unpaired) electrons. The van der Waals surface area contributed by atoms with Crippen LogP contribution in [0.4, 0.5) is 8.78 Å². The molecule has 2 N–H and O–H groups in total. The molecule has 0 unspecified atom stereocenters. The topological polar surface area (TPSA) is 57.4 Å². The van der Waals surface area contributed by atoms with Gasteiger partial charge in [-0.2, -0.15) is 19.0 Å². The summed E-state index contributed by atoms with van der Waals surface area (Å²) in [5, 5.41) is 10.8. The number of aromatic amines is 2. The van der Waals surface area contributed by atoms with Gasteiger partial charge in [0.25, 0.3) is 0 Å². The first kappa shape index (κ1) is 8.38. The van der Waals surface area contributed by atoms with Crippen molar-refractivity contribution < 1.29 is 8.78 Å². The molecule has 0 atom stereocenters. The first-order valence-electron chi connectivity index (χ1n) is 3.09. The van der Waals surface area contributed by atoms with Gasteiger partial charge < -0.3 is 0 Å². The zero-order valence-electron chi connectivity index (χ0n) is 5.96. The minimum atomic E-state index is -0.394. The maximum atomic E-state index is 11.5. The van der Waals surface area contributed by atoms with E-state index in [1.54, 1.807) is 0 Å². The Morgan fingerprint density at radius 2 is 1.33 bits per heavy atom. The van der Waals surface area contributed by atoms with E-state index in [9.17, 15) is 8.78 Å². The van der Waals surface area contributed by atoms with E-state index < -0.39 is 11.9 Å². The van der Waals surface area contributed by atoms with Gasteiger partial charge in [-0.05, 0) is 0 Å². The number of nitrogens with zero attached hydrogens (tertiary/aromatic N) is 2. The molecule has 0 saturated heterocycles. The van der Waals surface area contributed by atoms with E-state index in [4.69, 9.17) is 0 Å². The van der Waals surface area contributed by atoms with Crippen LogP contribution in [-0.2, 0) is 0 Å². The third-order valence-corrected chi connectivity index (χ3v) is 0.934. The quantitative estimate of drug-likeness (QED) is 0.625. The Morgan fingerprint density at radius 3 is 1.42 bits per heavy atom. The average Bonchev–Trinajstić information content (AvgIpc) is 2.63. The lowest BCUT2D eigenvalue weighted by molar-refractivity contribution is 0.579. The van der Waals surface area contributed by atoms with E-state index in [2.05, 4.69) is 20.4 Å². The van der Waals surface area contributed by atoms with Crippen LogP contribution in [0, 0.1) is 11.9 Å². The molecular formula is C6H6F2N4. The molecule has 0 amide bonds. The van der Waals surface area contributed by atoms with Gasteiger partial charge in [0.2, 0.25) is 11.9 Å². The minimum absolute atomic E-state index is 0.394. The summed E-state index contributed by atoms with van der Waals surface area (Å²) in [6, 6.07) is 2.50. The fourth-order valence-electron chi connectivity index (χ4n) is 0.478. The fourth-order valence-corrected chi connectivity index (χ4v) is 0.478. The van der Waals surface area contributed by atoms with Crippen LogP contribution in [0.2, 0.25) is 0 Å². The number of H-pyrrole nitrogens is 2. The van der Waals surface area contributed by atoms with E-state index >= 15 is 0 Å².